The fourth-order valence-electron chi connectivity index (χ4n) is 3.58. The molecule has 2 amide bonds. The van der Waals surface area contributed by atoms with Gasteiger partial charge in [-0.25, -0.2) is 0 Å². The molecule has 2 aromatic rings. The Hall–Kier alpha value is -3.59. The Morgan fingerprint density at radius 1 is 1.18 bits per heavy atom. The Bertz CT molecular complexity index is 1150. The summed E-state index contributed by atoms with van der Waals surface area (Å²) in [6.45, 7) is 3.21. The molecule has 10 heteroatoms. The summed E-state index contributed by atoms with van der Waals surface area (Å²) in [5.74, 6) is 0.880. The maximum atomic E-state index is 12.1. The topological polar surface area (TPSA) is 122 Å². The highest BCUT2D eigenvalue weighted by Gasteiger charge is 2.26. The lowest BCUT2D eigenvalue weighted by atomic mass is 9.93. The van der Waals surface area contributed by atoms with Gasteiger partial charge in [-0.05, 0) is 24.5 Å². The lowest BCUT2D eigenvalue weighted by Gasteiger charge is -2.20. The summed E-state index contributed by atoms with van der Waals surface area (Å²) in [7, 11) is 0. The van der Waals surface area contributed by atoms with E-state index in [1.807, 2.05) is 42.5 Å². The standard InChI is InChI=1S/C24H26N6O3.ClH/c1-2-16-7-5-8-17(15-16)22-27-21(33-30-22)12-11-20(31)25-13-6-14-26-23-18-9-3-4-10-19(18)24(32)29-28-23;/h3-5,7-10,15,19,26H,2,6,11-14H2,1H3,(H,25,31);1H. The van der Waals surface area contributed by atoms with Crippen molar-refractivity contribution in [3.05, 3.63) is 71.4 Å². The molecular formula is C24H27ClN6O3. The summed E-state index contributed by atoms with van der Waals surface area (Å²) in [6, 6.07) is 8.02. The number of allylic oxidation sites excluding steroid dienone is 3. The van der Waals surface area contributed by atoms with Crippen molar-refractivity contribution in [1.82, 2.24) is 20.8 Å². The van der Waals surface area contributed by atoms with Crippen molar-refractivity contribution in [2.24, 2.45) is 16.1 Å². The van der Waals surface area contributed by atoms with Gasteiger partial charge in [-0.1, -0.05) is 54.6 Å². The van der Waals surface area contributed by atoms with Crippen LogP contribution in [-0.4, -0.2) is 35.0 Å². The number of carbonyl (C=O) groups excluding carboxylic acids is 2. The highest BCUT2D eigenvalue weighted by atomic mass is 35.5. The molecule has 0 radical (unpaired) electrons. The number of carbonyl (C=O) groups is 2. The van der Waals surface area contributed by atoms with Crippen LogP contribution in [0.15, 0.2) is 74.7 Å². The monoisotopic (exact) mass is 482 g/mol. The van der Waals surface area contributed by atoms with Gasteiger partial charge in [0.25, 0.3) is 5.91 Å². The number of hydrogen-bond donors (Lipinski definition) is 2. The number of nitrogens with zero attached hydrogens (tertiary/aromatic N) is 4. The van der Waals surface area contributed by atoms with Crippen molar-refractivity contribution in [3.8, 4) is 11.4 Å². The second-order valence-corrected chi connectivity index (χ2v) is 7.76. The smallest absolute Gasteiger partial charge is 0.276 e. The predicted molar refractivity (Wildman–Crippen MR) is 129 cm³/mol. The normalized spacial score (nSPS) is 16.3. The molecule has 1 atom stereocenters. The molecule has 0 spiro atoms. The van der Waals surface area contributed by atoms with Crippen LogP contribution in [0.25, 0.3) is 11.4 Å². The fourth-order valence-corrected chi connectivity index (χ4v) is 3.58. The van der Waals surface area contributed by atoms with Crippen molar-refractivity contribution in [2.75, 3.05) is 13.1 Å². The SMILES string of the molecule is CCc1cccc(-c2noc(CCC(=O)NCCCNC3=C4C=CC=CC4C(=O)N=N3)n2)c1.Cl. The lowest BCUT2D eigenvalue weighted by Crippen LogP contribution is -2.28. The van der Waals surface area contributed by atoms with Crippen LogP contribution < -0.4 is 10.6 Å². The molecule has 2 N–H and O–H groups in total. The van der Waals surface area contributed by atoms with Gasteiger partial charge in [-0.3, -0.25) is 9.59 Å². The molecule has 2 aliphatic rings. The first-order valence-corrected chi connectivity index (χ1v) is 11.1. The number of aryl methyl sites for hydroxylation is 2. The van der Waals surface area contributed by atoms with Gasteiger partial charge in [0.2, 0.25) is 17.6 Å². The van der Waals surface area contributed by atoms with Crippen molar-refractivity contribution in [2.45, 2.75) is 32.6 Å². The minimum absolute atomic E-state index is 0. The number of azo groups is 1. The van der Waals surface area contributed by atoms with Crippen molar-refractivity contribution < 1.29 is 14.1 Å². The summed E-state index contributed by atoms with van der Waals surface area (Å²) >= 11 is 0. The van der Waals surface area contributed by atoms with E-state index in [0.717, 1.165) is 17.6 Å². The Kier molecular flexibility index (Phi) is 8.86. The maximum Gasteiger partial charge on any atom is 0.276 e. The Morgan fingerprint density at radius 3 is 2.91 bits per heavy atom. The number of halogens is 1. The van der Waals surface area contributed by atoms with E-state index in [9.17, 15) is 9.59 Å². The van der Waals surface area contributed by atoms with E-state index in [1.165, 1.54) is 5.56 Å². The van der Waals surface area contributed by atoms with Crippen LogP contribution >= 0.6 is 12.4 Å². The first-order valence-electron chi connectivity index (χ1n) is 11.1. The van der Waals surface area contributed by atoms with E-state index in [2.05, 4.69) is 44.0 Å². The molecule has 9 nitrogen and oxygen atoms in total. The van der Waals surface area contributed by atoms with Crippen LogP contribution in [-0.2, 0) is 22.4 Å². The molecule has 178 valence electrons. The number of aromatic nitrogens is 2. The third-order valence-electron chi connectivity index (χ3n) is 5.41. The van der Waals surface area contributed by atoms with Crippen LogP contribution in [0.2, 0.25) is 0 Å². The molecule has 1 aromatic heterocycles. The maximum absolute atomic E-state index is 12.1. The van der Waals surface area contributed by atoms with Crippen LogP contribution in [0.5, 0.6) is 0 Å². The van der Waals surface area contributed by atoms with Gasteiger partial charge >= 0.3 is 0 Å². The molecule has 0 bridgehead atoms. The van der Waals surface area contributed by atoms with E-state index in [4.69, 9.17) is 4.52 Å². The molecule has 0 saturated carbocycles. The summed E-state index contributed by atoms with van der Waals surface area (Å²) in [4.78, 5) is 28.4. The number of fused-ring (bicyclic) bond motifs is 1. The quantitative estimate of drug-likeness (QED) is 0.498. The Balaban J connectivity index is 0.00000324. The van der Waals surface area contributed by atoms with Crippen LogP contribution in [0.4, 0.5) is 0 Å². The average Bonchev–Trinajstić information content (AvgIpc) is 3.33. The summed E-state index contributed by atoms with van der Waals surface area (Å²) in [5, 5.41) is 17.8. The molecule has 0 fully saturated rings. The Labute approximate surface area is 203 Å². The summed E-state index contributed by atoms with van der Waals surface area (Å²) in [6.07, 6.45) is 9.68. The molecule has 34 heavy (non-hydrogen) atoms. The molecular weight excluding hydrogens is 456 g/mol. The van der Waals surface area contributed by atoms with E-state index < -0.39 is 0 Å². The number of hydrogen-bond acceptors (Lipinski definition) is 7. The zero-order valence-electron chi connectivity index (χ0n) is 18.9. The predicted octanol–water partition coefficient (Wildman–Crippen LogP) is 3.70. The van der Waals surface area contributed by atoms with Gasteiger partial charge in [-0.15, -0.1) is 22.6 Å². The molecule has 2 heterocycles. The molecule has 1 unspecified atom stereocenters. The third kappa shape index (κ3) is 6.26. The van der Waals surface area contributed by atoms with Gasteiger partial charge in [-0.2, -0.15) is 4.98 Å². The van der Waals surface area contributed by atoms with Crippen LogP contribution in [0.3, 0.4) is 0 Å². The van der Waals surface area contributed by atoms with Crippen molar-refractivity contribution in [1.29, 1.82) is 0 Å². The van der Waals surface area contributed by atoms with Gasteiger partial charge < -0.3 is 15.2 Å². The van der Waals surface area contributed by atoms with Crippen LogP contribution in [0.1, 0.15) is 31.2 Å². The fraction of sp³-hybridized carbons (Fsp3) is 0.333. The average molecular weight is 483 g/mol. The zero-order chi connectivity index (χ0) is 23.0. The molecule has 1 aromatic carbocycles. The summed E-state index contributed by atoms with van der Waals surface area (Å²) in [5.41, 5.74) is 2.93. The van der Waals surface area contributed by atoms with E-state index >= 15 is 0 Å². The second-order valence-electron chi connectivity index (χ2n) is 7.76. The largest absolute Gasteiger partial charge is 0.368 e. The van der Waals surface area contributed by atoms with Gasteiger partial charge in [0, 0.05) is 37.1 Å². The zero-order valence-corrected chi connectivity index (χ0v) is 19.7. The third-order valence-corrected chi connectivity index (χ3v) is 5.41. The van der Waals surface area contributed by atoms with Crippen molar-refractivity contribution >= 4 is 24.2 Å². The minimum atomic E-state index is -0.365. The van der Waals surface area contributed by atoms with Crippen LogP contribution in [0, 0.1) is 5.92 Å². The number of amides is 2. The van der Waals surface area contributed by atoms with Crippen molar-refractivity contribution in [3.63, 3.8) is 0 Å². The van der Waals surface area contributed by atoms with E-state index in [1.54, 1.807) is 0 Å². The highest BCUT2D eigenvalue weighted by molar-refractivity contribution is 5.86. The lowest BCUT2D eigenvalue weighted by molar-refractivity contribution is -0.121. The number of rotatable bonds is 10. The first kappa shape index (κ1) is 25.0. The van der Waals surface area contributed by atoms with E-state index in [0.29, 0.717) is 43.5 Å². The molecule has 0 saturated heterocycles. The molecule has 1 aliphatic heterocycles. The minimum Gasteiger partial charge on any atom is -0.368 e. The summed E-state index contributed by atoms with van der Waals surface area (Å²) < 4.78 is 5.29. The Morgan fingerprint density at radius 2 is 2.06 bits per heavy atom. The second kappa shape index (κ2) is 12.0. The highest BCUT2D eigenvalue weighted by Crippen LogP contribution is 2.27. The molecule has 1 aliphatic carbocycles. The van der Waals surface area contributed by atoms with Gasteiger partial charge in [0.05, 0.1) is 5.92 Å². The number of nitrogens with one attached hydrogen (secondary N) is 2. The first-order chi connectivity index (χ1) is 16.1. The van der Waals surface area contributed by atoms with Gasteiger partial charge in [0.15, 0.2) is 5.82 Å². The molecule has 4 rings (SSSR count). The number of benzene rings is 1. The van der Waals surface area contributed by atoms with Gasteiger partial charge in [0.1, 0.15) is 0 Å². The van der Waals surface area contributed by atoms with E-state index in [-0.39, 0.29) is 36.6 Å².